The number of hydrogen-bond acceptors (Lipinski definition) is 6. The zero-order chi connectivity index (χ0) is 20.3. The van der Waals surface area contributed by atoms with Gasteiger partial charge in [-0.05, 0) is 41.9 Å². The third-order valence-corrected chi connectivity index (χ3v) is 5.80. The fraction of sp³-hybridized carbons (Fsp3) is 0.438. The van der Waals surface area contributed by atoms with Crippen LogP contribution >= 0.6 is 39.1 Å². The number of Topliss-reactive ketones (excluding diaryl/α,β-unsaturated/α-hetero) is 2. The molecule has 2 N–H and O–H groups in total. The van der Waals surface area contributed by atoms with E-state index >= 15 is 4.39 Å². The van der Waals surface area contributed by atoms with Crippen LogP contribution in [0.15, 0.2) is 16.9 Å². The number of carbonyl (C=O) groups is 2. The van der Waals surface area contributed by atoms with Crippen LogP contribution in [0.4, 0.5) is 4.39 Å². The average molecular weight is 484 g/mol. The third kappa shape index (κ3) is 3.10. The smallest absolute Gasteiger partial charge is 0.193 e. The summed E-state index contributed by atoms with van der Waals surface area (Å²) in [6.45, 7) is 2.08. The zero-order valence-corrected chi connectivity index (χ0v) is 17.1. The second-order valence-corrected chi connectivity index (χ2v) is 7.80. The van der Waals surface area contributed by atoms with Gasteiger partial charge in [-0.3, -0.25) is 14.2 Å². The number of aliphatic hydroxyl groups is 2. The van der Waals surface area contributed by atoms with Crippen molar-refractivity contribution in [1.82, 2.24) is 9.55 Å². The number of imidazole rings is 1. The number of benzene rings is 1. The van der Waals surface area contributed by atoms with Crippen LogP contribution in [0.25, 0.3) is 11.0 Å². The topological polar surface area (TPSA) is 102 Å². The Morgan fingerprint density at radius 2 is 2.00 bits per heavy atom. The Balaban J connectivity index is 2.17. The zero-order valence-electron chi connectivity index (χ0n) is 14.0. The molecule has 1 aliphatic heterocycles. The van der Waals surface area contributed by atoms with Gasteiger partial charge >= 0.3 is 0 Å². The summed E-state index contributed by atoms with van der Waals surface area (Å²) in [4.78, 5) is 28.4. The number of halogens is 4. The standard InChI is InChI=1S/C16H14BrCl2FN2O5/c1-5(23)11(25)13-16(26,6(2)24)12(20)14(27-13)22-10-4-8(19)7(18)3-9(10)21-15(22)17/h3-5,12-14,23,26H,1-2H3/t5?,12-,13-,14-,16+/m1/s1. The largest absolute Gasteiger partial charge is 0.386 e. The Morgan fingerprint density at radius 3 is 2.56 bits per heavy atom. The summed E-state index contributed by atoms with van der Waals surface area (Å²) in [7, 11) is 0. The predicted octanol–water partition coefficient (Wildman–Crippen LogP) is 2.61. The molecule has 0 spiro atoms. The van der Waals surface area contributed by atoms with Gasteiger partial charge in [0.2, 0.25) is 0 Å². The molecule has 0 saturated carbocycles. The Hall–Kier alpha value is -1.10. The van der Waals surface area contributed by atoms with E-state index < -0.39 is 41.8 Å². The average Bonchev–Trinajstić information content (AvgIpc) is 3.02. The molecule has 3 rings (SSSR count). The summed E-state index contributed by atoms with van der Waals surface area (Å²) >= 11 is 15.2. The maximum Gasteiger partial charge on any atom is 0.193 e. The predicted molar refractivity (Wildman–Crippen MR) is 98.6 cm³/mol. The van der Waals surface area contributed by atoms with Crippen molar-refractivity contribution >= 4 is 61.7 Å². The van der Waals surface area contributed by atoms with Crippen molar-refractivity contribution in [1.29, 1.82) is 0 Å². The van der Waals surface area contributed by atoms with Gasteiger partial charge in [-0.15, -0.1) is 0 Å². The van der Waals surface area contributed by atoms with Gasteiger partial charge < -0.3 is 14.9 Å². The maximum absolute atomic E-state index is 15.3. The van der Waals surface area contributed by atoms with Crippen LogP contribution in [-0.4, -0.2) is 55.3 Å². The second kappa shape index (κ2) is 7.06. The first kappa shape index (κ1) is 20.6. The highest BCUT2D eigenvalue weighted by molar-refractivity contribution is 9.10. The highest BCUT2D eigenvalue weighted by Gasteiger charge is 2.63. The van der Waals surface area contributed by atoms with Crippen LogP contribution in [0.5, 0.6) is 0 Å². The number of rotatable bonds is 4. The van der Waals surface area contributed by atoms with Crippen molar-refractivity contribution in [3.8, 4) is 0 Å². The Labute approximate surface area is 171 Å². The minimum atomic E-state index is -2.76. The first-order valence-electron chi connectivity index (χ1n) is 7.77. The van der Waals surface area contributed by atoms with Gasteiger partial charge in [0.25, 0.3) is 0 Å². The molecule has 1 saturated heterocycles. The van der Waals surface area contributed by atoms with Crippen molar-refractivity contribution in [2.75, 3.05) is 0 Å². The molecule has 0 radical (unpaired) electrons. The van der Waals surface area contributed by atoms with Gasteiger partial charge in [-0.2, -0.15) is 0 Å². The number of ketones is 2. The number of aliphatic hydroxyl groups excluding tert-OH is 1. The number of carbonyl (C=O) groups excluding carboxylic acids is 2. The molecular formula is C16H14BrCl2FN2O5. The van der Waals surface area contributed by atoms with Crippen LogP contribution in [-0.2, 0) is 14.3 Å². The van der Waals surface area contributed by atoms with Gasteiger partial charge in [-0.25, -0.2) is 9.37 Å². The van der Waals surface area contributed by atoms with Gasteiger partial charge in [0.05, 0.1) is 21.1 Å². The molecule has 7 nitrogen and oxygen atoms in total. The van der Waals surface area contributed by atoms with Crippen molar-refractivity contribution in [3.05, 3.63) is 26.9 Å². The molecule has 27 heavy (non-hydrogen) atoms. The quantitative estimate of drug-likeness (QED) is 0.693. The number of hydrogen-bond donors (Lipinski definition) is 2. The number of fused-ring (bicyclic) bond motifs is 1. The van der Waals surface area contributed by atoms with Crippen LogP contribution in [0.2, 0.25) is 10.0 Å². The SMILES string of the molecule is CC(=O)[C@@]1(O)[C@@H](C(=O)C(C)O)O[C@@H](n2c(Br)nc3cc(Cl)c(Cl)cc32)[C@H]1F. The van der Waals surface area contributed by atoms with E-state index in [4.69, 9.17) is 27.9 Å². The Bertz CT molecular complexity index is 953. The maximum atomic E-state index is 15.3. The molecule has 1 aromatic heterocycles. The van der Waals surface area contributed by atoms with Crippen LogP contribution in [0.3, 0.4) is 0 Å². The highest BCUT2D eigenvalue weighted by Crippen LogP contribution is 2.44. The van der Waals surface area contributed by atoms with E-state index in [1.54, 1.807) is 0 Å². The molecular weight excluding hydrogens is 470 g/mol. The van der Waals surface area contributed by atoms with Crippen molar-refractivity contribution in [2.24, 2.45) is 0 Å². The van der Waals surface area contributed by atoms with E-state index in [0.29, 0.717) is 11.0 Å². The fourth-order valence-electron chi connectivity index (χ4n) is 3.05. The molecule has 0 amide bonds. The molecule has 1 fully saturated rings. The van der Waals surface area contributed by atoms with Gasteiger partial charge in [0.1, 0.15) is 6.10 Å². The number of nitrogens with zero attached hydrogens (tertiary/aromatic N) is 2. The summed E-state index contributed by atoms with van der Waals surface area (Å²) < 4.78 is 22.0. The first-order chi connectivity index (χ1) is 12.5. The van der Waals surface area contributed by atoms with Crippen LogP contribution in [0, 0.1) is 0 Å². The van der Waals surface area contributed by atoms with E-state index in [9.17, 15) is 19.8 Å². The normalized spacial score (nSPS) is 29.3. The lowest BCUT2D eigenvalue weighted by atomic mass is 9.86. The molecule has 0 bridgehead atoms. The summed E-state index contributed by atoms with van der Waals surface area (Å²) in [5.74, 6) is -2.02. The van der Waals surface area contributed by atoms with Crippen molar-refractivity contribution in [3.63, 3.8) is 0 Å². The van der Waals surface area contributed by atoms with E-state index in [2.05, 4.69) is 20.9 Å². The molecule has 2 heterocycles. The number of aromatic nitrogens is 2. The number of alkyl halides is 1. The molecule has 1 aromatic carbocycles. The van der Waals surface area contributed by atoms with E-state index in [-0.39, 0.29) is 14.8 Å². The van der Waals surface area contributed by atoms with Crippen LogP contribution in [0.1, 0.15) is 20.1 Å². The summed E-state index contributed by atoms with van der Waals surface area (Å²) in [6.07, 6.45) is -7.35. The Kier molecular flexibility index (Phi) is 5.39. The number of ether oxygens (including phenoxy) is 1. The molecule has 11 heteroatoms. The van der Waals surface area contributed by atoms with Crippen LogP contribution < -0.4 is 0 Å². The minimum Gasteiger partial charge on any atom is -0.386 e. The molecule has 0 aliphatic carbocycles. The lowest BCUT2D eigenvalue weighted by Crippen LogP contribution is -2.56. The van der Waals surface area contributed by atoms with E-state index in [0.717, 1.165) is 13.8 Å². The molecule has 2 aromatic rings. The third-order valence-electron chi connectivity index (χ3n) is 4.52. The highest BCUT2D eigenvalue weighted by atomic mass is 79.9. The molecule has 1 unspecified atom stereocenters. The van der Waals surface area contributed by atoms with Gasteiger partial charge in [0.15, 0.2) is 40.4 Å². The summed E-state index contributed by atoms with van der Waals surface area (Å²) in [5.41, 5.74) is -2.10. The lowest BCUT2D eigenvalue weighted by Gasteiger charge is -2.26. The second-order valence-electron chi connectivity index (χ2n) is 6.27. The first-order valence-corrected chi connectivity index (χ1v) is 9.32. The van der Waals surface area contributed by atoms with Gasteiger partial charge in [-0.1, -0.05) is 23.2 Å². The van der Waals surface area contributed by atoms with Crippen molar-refractivity contribution < 1.29 is 28.9 Å². The lowest BCUT2D eigenvalue weighted by molar-refractivity contribution is -0.158. The minimum absolute atomic E-state index is 0.111. The van der Waals surface area contributed by atoms with E-state index in [1.807, 2.05) is 0 Å². The monoisotopic (exact) mass is 482 g/mol. The van der Waals surface area contributed by atoms with E-state index in [1.165, 1.54) is 16.7 Å². The fourth-order valence-corrected chi connectivity index (χ4v) is 3.95. The van der Waals surface area contributed by atoms with Crippen molar-refractivity contribution in [2.45, 2.75) is 44.1 Å². The summed E-state index contributed by atoms with van der Waals surface area (Å²) in [6, 6.07) is 2.88. The molecule has 5 atom stereocenters. The van der Waals surface area contributed by atoms with Gasteiger partial charge in [0, 0.05) is 0 Å². The molecule has 1 aliphatic rings. The molecule has 146 valence electrons. The Morgan fingerprint density at radius 1 is 1.41 bits per heavy atom. The summed E-state index contributed by atoms with van der Waals surface area (Å²) in [5, 5.41) is 20.6.